The number of carbonyl (C=O) groups is 1. The largest absolute Gasteiger partial charge is 0.324 e. The lowest BCUT2D eigenvalue weighted by Crippen LogP contribution is -2.48. The van der Waals surface area contributed by atoms with Gasteiger partial charge in [-0.3, -0.25) is 9.69 Å². The minimum Gasteiger partial charge on any atom is -0.324 e. The summed E-state index contributed by atoms with van der Waals surface area (Å²) < 4.78 is 0. The second-order valence-corrected chi connectivity index (χ2v) is 7.02. The summed E-state index contributed by atoms with van der Waals surface area (Å²) in [7, 11) is 2.13. The molecule has 2 aromatic rings. The van der Waals surface area contributed by atoms with Crippen LogP contribution in [0.5, 0.6) is 0 Å². The fourth-order valence-corrected chi connectivity index (χ4v) is 3.50. The number of piperazine rings is 1. The van der Waals surface area contributed by atoms with Crippen LogP contribution in [0.2, 0.25) is 0 Å². The molecule has 2 aromatic carbocycles. The number of benzene rings is 2. The first-order chi connectivity index (χ1) is 12.0. The van der Waals surface area contributed by atoms with E-state index < -0.39 is 0 Å². The third-order valence-corrected chi connectivity index (χ3v) is 4.76. The summed E-state index contributed by atoms with van der Waals surface area (Å²) in [5, 5.41) is 3.14. The molecule has 3 rings (SSSR count). The average Bonchev–Trinajstić information content (AvgIpc) is 2.57. The molecule has 1 N–H and O–H groups in total. The first-order valence-corrected chi connectivity index (χ1v) is 8.89. The van der Waals surface area contributed by atoms with Crippen LogP contribution < -0.4 is 5.32 Å². The van der Waals surface area contributed by atoms with E-state index in [4.69, 9.17) is 0 Å². The second kappa shape index (κ2) is 7.81. The molecule has 1 heterocycles. The Morgan fingerprint density at radius 3 is 2.16 bits per heavy atom. The summed E-state index contributed by atoms with van der Waals surface area (Å²) in [6.07, 6.45) is 0. The Labute approximate surface area is 150 Å². The van der Waals surface area contributed by atoms with Crippen molar-refractivity contribution in [2.45, 2.75) is 19.9 Å². The minimum atomic E-state index is -0.254. The van der Waals surface area contributed by atoms with Gasteiger partial charge in [0, 0.05) is 31.9 Å². The molecule has 0 spiro atoms. The molecule has 132 valence electrons. The van der Waals surface area contributed by atoms with Crippen molar-refractivity contribution in [1.82, 2.24) is 9.80 Å². The molecular formula is C21H27N3O. The van der Waals surface area contributed by atoms with Gasteiger partial charge in [0.25, 0.3) is 0 Å². The Hall–Kier alpha value is -2.17. The lowest BCUT2D eigenvalue weighted by molar-refractivity contribution is -0.122. The number of aryl methyl sites for hydroxylation is 2. The molecule has 25 heavy (non-hydrogen) atoms. The van der Waals surface area contributed by atoms with Gasteiger partial charge in [0.15, 0.2) is 0 Å². The predicted octanol–water partition coefficient (Wildman–Crippen LogP) is 3.23. The van der Waals surface area contributed by atoms with E-state index in [2.05, 4.69) is 42.1 Å². The number of anilines is 1. The third-order valence-electron chi connectivity index (χ3n) is 4.76. The number of hydrogen-bond donors (Lipinski definition) is 1. The van der Waals surface area contributed by atoms with Gasteiger partial charge in [0.1, 0.15) is 6.04 Å². The van der Waals surface area contributed by atoms with Crippen LogP contribution in [0.4, 0.5) is 5.69 Å². The highest BCUT2D eigenvalue weighted by molar-refractivity contribution is 5.95. The zero-order chi connectivity index (χ0) is 17.8. The molecule has 0 aromatic heterocycles. The first-order valence-electron chi connectivity index (χ1n) is 8.89. The molecule has 0 bridgehead atoms. The summed E-state index contributed by atoms with van der Waals surface area (Å²) in [6, 6.07) is 16.0. The molecule has 1 atom stereocenters. The van der Waals surface area contributed by atoms with Gasteiger partial charge in [0.05, 0.1) is 0 Å². The van der Waals surface area contributed by atoms with Crippen LogP contribution in [0.25, 0.3) is 0 Å². The van der Waals surface area contributed by atoms with Gasteiger partial charge in [0.2, 0.25) is 5.91 Å². The monoisotopic (exact) mass is 337 g/mol. The minimum absolute atomic E-state index is 0.0424. The molecule has 0 radical (unpaired) electrons. The van der Waals surface area contributed by atoms with E-state index in [-0.39, 0.29) is 11.9 Å². The summed E-state index contributed by atoms with van der Waals surface area (Å²) in [5.74, 6) is 0.0424. The number of nitrogens with one attached hydrogen (secondary N) is 1. The smallest absolute Gasteiger partial charge is 0.246 e. The molecular weight excluding hydrogens is 310 g/mol. The number of nitrogens with zero attached hydrogens (tertiary/aromatic N) is 2. The number of rotatable bonds is 4. The van der Waals surface area contributed by atoms with E-state index in [0.717, 1.165) is 48.6 Å². The molecule has 1 aliphatic rings. The van der Waals surface area contributed by atoms with E-state index in [1.54, 1.807) is 0 Å². The van der Waals surface area contributed by atoms with Gasteiger partial charge < -0.3 is 10.2 Å². The van der Waals surface area contributed by atoms with Crippen LogP contribution in [-0.2, 0) is 4.79 Å². The maximum absolute atomic E-state index is 13.2. The van der Waals surface area contributed by atoms with Gasteiger partial charge in [-0.15, -0.1) is 0 Å². The molecule has 1 saturated heterocycles. The van der Waals surface area contributed by atoms with E-state index in [1.165, 1.54) is 0 Å². The topological polar surface area (TPSA) is 35.6 Å². The Bertz CT molecular complexity index is 701. The standard InChI is InChI=1S/C21H27N3O/c1-16-13-17(2)15-19(14-16)22-21(25)20(18-7-5-4-6-8-18)24-11-9-23(3)10-12-24/h4-8,13-15,20H,9-12H2,1-3H3,(H,22,25)/t20-/m1/s1. The van der Waals surface area contributed by atoms with Crippen molar-refractivity contribution >= 4 is 11.6 Å². The quantitative estimate of drug-likeness (QED) is 0.930. The molecule has 1 fully saturated rings. The Morgan fingerprint density at radius 1 is 0.960 bits per heavy atom. The lowest BCUT2D eigenvalue weighted by atomic mass is 10.0. The van der Waals surface area contributed by atoms with Crippen LogP contribution in [-0.4, -0.2) is 48.9 Å². The normalized spacial score (nSPS) is 17.2. The molecule has 0 aliphatic carbocycles. The molecule has 0 saturated carbocycles. The molecule has 1 aliphatic heterocycles. The summed E-state index contributed by atoms with van der Waals surface area (Å²) in [6.45, 7) is 7.88. The third kappa shape index (κ3) is 4.47. The highest BCUT2D eigenvalue weighted by Gasteiger charge is 2.29. The van der Waals surface area contributed by atoms with E-state index in [0.29, 0.717) is 0 Å². The second-order valence-electron chi connectivity index (χ2n) is 7.02. The van der Waals surface area contributed by atoms with Crippen molar-refractivity contribution in [3.8, 4) is 0 Å². The van der Waals surface area contributed by atoms with Crippen molar-refractivity contribution in [3.05, 3.63) is 65.2 Å². The Morgan fingerprint density at radius 2 is 1.56 bits per heavy atom. The molecule has 1 amide bonds. The predicted molar refractivity (Wildman–Crippen MR) is 103 cm³/mol. The Kier molecular flexibility index (Phi) is 5.51. The fraction of sp³-hybridized carbons (Fsp3) is 0.381. The summed E-state index contributed by atoms with van der Waals surface area (Å²) in [5.41, 5.74) is 4.24. The highest BCUT2D eigenvalue weighted by Crippen LogP contribution is 2.24. The van der Waals surface area contributed by atoms with Crippen molar-refractivity contribution in [2.75, 3.05) is 38.5 Å². The number of carbonyl (C=O) groups excluding carboxylic acids is 1. The highest BCUT2D eigenvalue weighted by atomic mass is 16.2. The van der Waals surface area contributed by atoms with Crippen LogP contribution in [0, 0.1) is 13.8 Å². The van der Waals surface area contributed by atoms with Crippen LogP contribution in [0.15, 0.2) is 48.5 Å². The molecule has 0 unspecified atom stereocenters. The van der Waals surface area contributed by atoms with Gasteiger partial charge in [-0.25, -0.2) is 0 Å². The van der Waals surface area contributed by atoms with E-state index in [9.17, 15) is 4.79 Å². The van der Waals surface area contributed by atoms with Crippen molar-refractivity contribution in [3.63, 3.8) is 0 Å². The molecule has 4 nitrogen and oxygen atoms in total. The number of hydrogen-bond acceptors (Lipinski definition) is 3. The zero-order valence-electron chi connectivity index (χ0n) is 15.3. The number of amides is 1. The van der Waals surface area contributed by atoms with Crippen LogP contribution >= 0.6 is 0 Å². The Balaban J connectivity index is 1.84. The van der Waals surface area contributed by atoms with Crippen molar-refractivity contribution in [1.29, 1.82) is 0 Å². The molecule has 4 heteroatoms. The average molecular weight is 337 g/mol. The lowest BCUT2D eigenvalue weighted by Gasteiger charge is -2.37. The zero-order valence-corrected chi connectivity index (χ0v) is 15.3. The van der Waals surface area contributed by atoms with Gasteiger partial charge in [-0.2, -0.15) is 0 Å². The van der Waals surface area contributed by atoms with Gasteiger partial charge >= 0.3 is 0 Å². The van der Waals surface area contributed by atoms with Crippen LogP contribution in [0.1, 0.15) is 22.7 Å². The van der Waals surface area contributed by atoms with Gasteiger partial charge in [-0.1, -0.05) is 36.4 Å². The maximum atomic E-state index is 13.2. The summed E-state index contributed by atoms with van der Waals surface area (Å²) >= 11 is 0. The van der Waals surface area contributed by atoms with Crippen molar-refractivity contribution in [2.24, 2.45) is 0 Å². The summed E-state index contributed by atoms with van der Waals surface area (Å²) in [4.78, 5) is 17.7. The fourth-order valence-electron chi connectivity index (χ4n) is 3.50. The SMILES string of the molecule is Cc1cc(C)cc(NC(=O)[C@@H](c2ccccc2)N2CCN(C)CC2)c1. The van der Waals surface area contributed by atoms with Crippen LogP contribution in [0.3, 0.4) is 0 Å². The number of likely N-dealkylation sites (N-methyl/N-ethyl adjacent to an activating group) is 1. The first kappa shape index (κ1) is 17.6. The van der Waals surface area contributed by atoms with Crippen molar-refractivity contribution < 1.29 is 4.79 Å². The van der Waals surface area contributed by atoms with E-state index >= 15 is 0 Å². The van der Waals surface area contributed by atoms with Gasteiger partial charge in [-0.05, 0) is 49.7 Å². The van der Waals surface area contributed by atoms with E-state index in [1.807, 2.05) is 42.5 Å². The maximum Gasteiger partial charge on any atom is 0.246 e.